The molecule has 1 atom stereocenters. The Labute approximate surface area is 167 Å². The molecule has 0 aliphatic carbocycles. The second-order valence-corrected chi connectivity index (χ2v) is 9.16. The molecule has 2 N–H and O–H groups in total. The van der Waals surface area contributed by atoms with Crippen LogP contribution in [0.25, 0.3) is 0 Å². The summed E-state index contributed by atoms with van der Waals surface area (Å²) >= 11 is 19.1. The average Bonchev–Trinajstić information content (AvgIpc) is 3.15. The third kappa shape index (κ3) is 4.08. The topological polar surface area (TPSA) is 62.0 Å². The first kappa shape index (κ1) is 19.3. The Morgan fingerprint density at radius 3 is 2.15 bits per heavy atom. The van der Waals surface area contributed by atoms with E-state index in [1.54, 1.807) is 42.6 Å². The molecule has 8 heteroatoms. The van der Waals surface area contributed by atoms with Crippen LogP contribution in [0.15, 0.2) is 77.8 Å². The molecule has 4 nitrogen and oxygen atoms in total. The second-order valence-electron chi connectivity index (χ2n) is 5.62. The van der Waals surface area contributed by atoms with Gasteiger partial charge in [0.2, 0.25) is 10.0 Å². The average molecular weight is 430 g/mol. The minimum absolute atomic E-state index is 0.0654. The lowest BCUT2D eigenvalue weighted by atomic mass is 10.0. The largest absolute Gasteiger partial charge is 0.364 e. The van der Waals surface area contributed by atoms with Crippen molar-refractivity contribution in [2.45, 2.75) is 15.3 Å². The van der Waals surface area contributed by atoms with Crippen molar-refractivity contribution in [3.8, 4) is 0 Å². The highest BCUT2D eigenvalue weighted by atomic mass is 35.5. The number of nitrogens with one attached hydrogen (secondary N) is 2. The number of hydrogen-bond acceptors (Lipinski definition) is 2. The van der Waals surface area contributed by atoms with Crippen molar-refractivity contribution in [1.29, 1.82) is 0 Å². The molecule has 0 saturated heterocycles. The van der Waals surface area contributed by atoms with Crippen LogP contribution in [0.2, 0.25) is 5.02 Å². The van der Waals surface area contributed by atoms with Crippen LogP contribution in [0.4, 0.5) is 0 Å². The van der Waals surface area contributed by atoms with Gasteiger partial charge in [-0.3, -0.25) is 0 Å². The fourth-order valence-electron chi connectivity index (χ4n) is 2.52. The monoisotopic (exact) mass is 428 g/mol. The van der Waals surface area contributed by atoms with Crippen molar-refractivity contribution in [2.24, 2.45) is 0 Å². The Morgan fingerprint density at radius 2 is 1.58 bits per heavy atom. The van der Waals surface area contributed by atoms with Crippen molar-refractivity contribution in [2.75, 3.05) is 0 Å². The molecule has 3 aromatic rings. The molecule has 136 valence electrons. The van der Waals surface area contributed by atoms with Crippen molar-refractivity contribution in [3.05, 3.63) is 89.2 Å². The summed E-state index contributed by atoms with van der Waals surface area (Å²) in [4.78, 5) is 3.04. The van der Waals surface area contributed by atoms with Gasteiger partial charge in [-0.2, -0.15) is 4.72 Å². The van der Waals surface area contributed by atoms with E-state index in [4.69, 9.17) is 34.8 Å². The van der Waals surface area contributed by atoms with Gasteiger partial charge >= 0.3 is 0 Å². The molecular formula is C18H15Cl3N2O2S. The molecule has 1 aromatic heterocycles. The Morgan fingerprint density at radius 1 is 0.923 bits per heavy atom. The van der Waals surface area contributed by atoms with Gasteiger partial charge in [0.25, 0.3) is 0 Å². The van der Waals surface area contributed by atoms with E-state index >= 15 is 0 Å². The first-order valence-corrected chi connectivity index (χ1v) is 10.3. The normalized spacial score (nSPS) is 13.5. The van der Waals surface area contributed by atoms with Crippen LogP contribution in [0, 0.1) is 0 Å². The summed E-state index contributed by atoms with van der Waals surface area (Å²) in [6.07, 6.45) is 1.67. The maximum atomic E-state index is 12.8. The van der Waals surface area contributed by atoms with Gasteiger partial charge in [-0.05, 0) is 42.0 Å². The van der Waals surface area contributed by atoms with E-state index in [1.165, 1.54) is 24.3 Å². The minimum atomic E-state index is -3.89. The molecule has 0 radical (unpaired) electrons. The lowest BCUT2D eigenvalue weighted by molar-refractivity contribution is 0.527. The van der Waals surface area contributed by atoms with Gasteiger partial charge in [0.15, 0.2) is 4.33 Å². The molecule has 26 heavy (non-hydrogen) atoms. The van der Waals surface area contributed by atoms with Gasteiger partial charge in [-0.1, -0.05) is 65.1 Å². The zero-order valence-corrected chi connectivity index (χ0v) is 16.4. The van der Waals surface area contributed by atoms with E-state index < -0.39 is 20.4 Å². The molecule has 0 amide bonds. The third-order valence-corrected chi connectivity index (χ3v) is 6.41. The van der Waals surface area contributed by atoms with E-state index in [-0.39, 0.29) is 4.90 Å². The molecule has 2 aromatic carbocycles. The van der Waals surface area contributed by atoms with E-state index in [0.29, 0.717) is 16.3 Å². The Balaban J connectivity index is 2.02. The number of hydrogen-bond donors (Lipinski definition) is 2. The van der Waals surface area contributed by atoms with Gasteiger partial charge in [0, 0.05) is 16.9 Å². The number of benzene rings is 2. The number of aromatic nitrogens is 1. The lowest BCUT2D eigenvalue weighted by Crippen LogP contribution is -2.38. The molecule has 0 aliphatic heterocycles. The fourth-order valence-corrected chi connectivity index (χ4v) is 4.62. The van der Waals surface area contributed by atoms with E-state index in [0.717, 1.165) is 0 Å². The Hall–Kier alpha value is -1.50. The van der Waals surface area contributed by atoms with Gasteiger partial charge in [0.05, 0.1) is 10.9 Å². The highest BCUT2D eigenvalue weighted by molar-refractivity contribution is 7.89. The van der Waals surface area contributed by atoms with Crippen LogP contribution in [-0.4, -0.2) is 13.4 Å². The molecule has 0 fully saturated rings. The molecule has 3 rings (SSSR count). The van der Waals surface area contributed by atoms with E-state index in [9.17, 15) is 8.42 Å². The molecule has 1 heterocycles. The van der Waals surface area contributed by atoms with Gasteiger partial charge in [-0.15, -0.1) is 0 Å². The zero-order chi connectivity index (χ0) is 18.8. The summed E-state index contributed by atoms with van der Waals surface area (Å²) in [5.74, 6) is 0. The molecular weight excluding hydrogens is 415 g/mol. The quantitative estimate of drug-likeness (QED) is 0.541. The zero-order valence-electron chi connectivity index (χ0n) is 13.4. The van der Waals surface area contributed by atoms with Crippen LogP contribution in [0.5, 0.6) is 0 Å². The van der Waals surface area contributed by atoms with Crippen molar-refractivity contribution in [1.82, 2.24) is 9.71 Å². The van der Waals surface area contributed by atoms with Crippen LogP contribution < -0.4 is 4.72 Å². The number of aromatic amines is 1. The first-order valence-electron chi connectivity index (χ1n) is 7.65. The van der Waals surface area contributed by atoms with E-state index in [2.05, 4.69) is 9.71 Å². The van der Waals surface area contributed by atoms with Gasteiger partial charge < -0.3 is 4.98 Å². The number of halogens is 3. The van der Waals surface area contributed by atoms with Crippen molar-refractivity contribution < 1.29 is 8.42 Å². The first-order chi connectivity index (χ1) is 12.3. The van der Waals surface area contributed by atoms with Crippen LogP contribution in [-0.2, 0) is 14.4 Å². The molecule has 0 saturated carbocycles. The number of rotatable bonds is 6. The lowest BCUT2D eigenvalue weighted by Gasteiger charge is -2.30. The van der Waals surface area contributed by atoms with Gasteiger partial charge in [-0.25, -0.2) is 8.42 Å². The molecule has 0 spiro atoms. The van der Waals surface area contributed by atoms with Crippen LogP contribution >= 0.6 is 34.8 Å². The SMILES string of the molecule is O=S(=O)(NC(c1ccc[nH]1)C(Cl)(Cl)c1ccccc1)c1ccc(Cl)cc1. The van der Waals surface area contributed by atoms with Crippen molar-refractivity contribution >= 4 is 44.8 Å². The third-order valence-electron chi connectivity index (χ3n) is 3.85. The summed E-state index contributed by atoms with van der Waals surface area (Å²) in [5, 5.41) is 0.443. The second kappa shape index (κ2) is 7.62. The predicted molar refractivity (Wildman–Crippen MR) is 105 cm³/mol. The maximum absolute atomic E-state index is 12.8. The number of H-pyrrole nitrogens is 1. The Kier molecular flexibility index (Phi) is 5.65. The summed E-state index contributed by atoms with van der Waals surface area (Å²) in [5.41, 5.74) is 1.11. The highest BCUT2D eigenvalue weighted by Crippen LogP contribution is 2.45. The number of alkyl halides is 2. The van der Waals surface area contributed by atoms with E-state index in [1.807, 2.05) is 6.07 Å². The van der Waals surface area contributed by atoms with Crippen LogP contribution in [0.1, 0.15) is 17.3 Å². The van der Waals surface area contributed by atoms with Gasteiger partial charge in [0.1, 0.15) is 0 Å². The standard InChI is InChI=1S/C18H15Cl3N2O2S/c19-14-8-10-15(11-9-14)26(24,25)23-17(16-7-4-12-22-16)18(20,21)13-5-2-1-3-6-13/h1-12,17,22-23H. The molecule has 1 unspecified atom stereocenters. The fraction of sp³-hybridized carbons (Fsp3) is 0.111. The maximum Gasteiger partial charge on any atom is 0.241 e. The summed E-state index contributed by atoms with van der Waals surface area (Å²) in [6.45, 7) is 0. The van der Waals surface area contributed by atoms with Crippen LogP contribution in [0.3, 0.4) is 0 Å². The summed E-state index contributed by atoms with van der Waals surface area (Å²) < 4.78 is 26.8. The number of sulfonamides is 1. The van der Waals surface area contributed by atoms with Crippen molar-refractivity contribution in [3.63, 3.8) is 0 Å². The summed E-state index contributed by atoms with van der Waals surface area (Å²) in [7, 11) is -3.89. The molecule has 0 aliphatic rings. The highest BCUT2D eigenvalue weighted by Gasteiger charge is 2.41. The summed E-state index contributed by atoms with van der Waals surface area (Å²) in [6, 6.07) is 17.3. The predicted octanol–water partition coefficient (Wildman–Crippen LogP) is 5.02. The molecule has 0 bridgehead atoms. The Bertz CT molecular complexity index is 957. The minimum Gasteiger partial charge on any atom is -0.364 e. The smallest absolute Gasteiger partial charge is 0.241 e.